The van der Waals surface area contributed by atoms with Crippen molar-refractivity contribution in [2.75, 3.05) is 31.7 Å². The zero-order valence-electron chi connectivity index (χ0n) is 13.6. The van der Waals surface area contributed by atoms with Gasteiger partial charge in [0, 0.05) is 30.9 Å². The molecule has 122 valence electrons. The van der Waals surface area contributed by atoms with Gasteiger partial charge in [0.15, 0.2) is 5.96 Å². The van der Waals surface area contributed by atoms with Crippen LogP contribution in [-0.2, 0) is 4.74 Å². The molecule has 3 unspecified atom stereocenters. The molecule has 0 amide bonds. The van der Waals surface area contributed by atoms with Crippen molar-refractivity contribution >= 4 is 17.7 Å². The van der Waals surface area contributed by atoms with Crippen LogP contribution in [0.15, 0.2) is 4.99 Å². The van der Waals surface area contributed by atoms with Gasteiger partial charge in [0.2, 0.25) is 0 Å². The summed E-state index contributed by atoms with van der Waals surface area (Å²) in [5.41, 5.74) is -0.526. The van der Waals surface area contributed by atoms with E-state index in [0.717, 1.165) is 36.9 Å². The second-order valence-corrected chi connectivity index (χ2v) is 7.81. The van der Waals surface area contributed by atoms with E-state index in [2.05, 4.69) is 36.4 Å². The Morgan fingerprint density at radius 2 is 2.24 bits per heavy atom. The topological polar surface area (TPSA) is 65.9 Å². The number of aliphatic hydroxyl groups is 1. The predicted octanol–water partition coefficient (Wildman–Crippen LogP) is 1.22. The zero-order valence-corrected chi connectivity index (χ0v) is 14.4. The highest BCUT2D eigenvalue weighted by Gasteiger charge is 2.49. The Hall–Kier alpha value is -0.460. The van der Waals surface area contributed by atoms with Crippen molar-refractivity contribution < 1.29 is 9.84 Å². The molecule has 1 saturated carbocycles. The van der Waals surface area contributed by atoms with Crippen LogP contribution >= 0.6 is 11.8 Å². The van der Waals surface area contributed by atoms with E-state index in [9.17, 15) is 5.11 Å². The molecule has 2 aliphatic rings. The molecule has 3 N–H and O–H groups in total. The highest BCUT2D eigenvalue weighted by Crippen LogP contribution is 2.42. The third-order valence-corrected chi connectivity index (χ3v) is 5.97. The van der Waals surface area contributed by atoms with E-state index in [-0.39, 0.29) is 5.41 Å². The van der Waals surface area contributed by atoms with Crippen LogP contribution in [-0.4, -0.2) is 60.5 Å². The van der Waals surface area contributed by atoms with Crippen LogP contribution in [0.1, 0.15) is 33.6 Å². The lowest BCUT2D eigenvalue weighted by atomic mass is 9.64. The summed E-state index contributed by atoms with van der Waals surface area (Å²) in [6.45, 7) is 7.78. The van der Waals surface area contributed by atoms with Crippen molar-refractivity contribution in [1.29, 1.82) is 0 Å². The van der Waals surface area contributed by atoms with Gasteiger partial charge < -0.3 is 20.5 Å². The summed E-state index contributed by atoms with van der Waals surface area (Å²) in [6, 6.07) is 0.354. The maximum absolute atomic E-state index is 10.4. The summed E-state index contributed by atoms with van der Waals surface area (Å²) in [4.78, 5) is 4.60. The molecule has 0 bridgehead atoms. The Kier molecular flexibility index (Phi) is 5.43. The number of nitrogens with zero attached hydrogens (tertiary/aromatic N) is 1. The van der Waals surface area contributed by atoms with Gasteiger partial charge in [-0.05, 0) is 25.5 Å². The Morgan fingerprint density at radius 3 is 2.76 bits per heavy atom. The minimum absolute atomic E-state index is 0.102. The number of methoxy groups -OCH3 is 1. The number of nitrogens with one attached hydrogen (secondary N) is 2. The average molecular weight is 315 g/mol. The molecular formula is C15H29N3O2S. The number of aliphatic imine (C=N–C) groups is 1. The van der Waals surface area contributed by atoms with Crippen molar-refractivity contribution in [2.45, 2.75) is 51.4 Å². The normalized spacial score (nSPS) is 35.4. The molecular weight excluding hydrogens is 286 g/mol. The molecule has 0 radical (unpaired) electrons. The molecule has 1 aliphatic heterocycles. The lowest BCUT2D eigenvalue weighted by Gasteiger charge is -2.51. The highest BCUT2D eigenvalue weighted by molar-refractivity contribution is 7.99. The molecule has 21 heavy (non-hydrogen) atoms. The molecule has 1 saturated heterocycles. The Labute approximate surface area is 132 Å². The molecule has 2 rings (SSSR count). The number of hydrogen-bond acceptors (Lipinski definition) is 4. The fourth-order valence-electron chi connectivity index (χ4n) is 2.96. The Bertz CT molecular complexity index is 381. The number of thioether (sulfide) groups is 1. The van der Waals surface area contributed by atoms with E-state index < -0.39 is 5.60 Å². The van der Waals surface area contributed by atoms with Crippen LogP contribution in [0.3, 0.4) is 0 Å². The van der Waals surface area contributed by atoms with Crippen LogP contribution in [0.2, 0.25) is 0 Å². The van der Waals surface area contributed by atoms with Gasteiger partial charge in [0.05, 0.1) is 18.2 Å². The fraction of sp³-hybridized carbons (Fsp3) is 0.933. The number of ether oxygens (including phenoxy) is 1. The first-order valence-electron chi connectivity index (χ1n) is 7.79. The molecule has 1 aliphatic carbocycles. The van der Waals surface area contributed by atoms with Gasteiger partial charge in [-0.1, -0.05) is 13.8 Å². The average Bonchev–Trinajstić information content (AvgIpc) is 2.87. The maximum atomic E-state index is 10.4. The lowest BCUT2D eigenvalue weighted by Crippen LogP contribution is -2.63. The van der Waals surface area contributed by atoms with Gasteiger partial charge in [-0.2, -0.15) is 11.8 Å². The van der Waals surface area contributed by atoms with Gasteiger partial charge in [0.1, 0.15) is 0 Å². The number of rotatable bonds is 5. The molecule has 0 aromatic carbocycles. The first-order valence-corrected chi connectivity index (χ1v) is 8.94. The summed E-state index contributed by atoms with van der Waals surface area (Å²) >= 11 is 1.80. The first-order chi connectivity index (χ1) is 9.91. The maximum Gasteiger partial charge on any atom is 0.191 e. The van der Waals surface area contributed by atoms with E-state index in [1.165, 1.54) is 0 Å². The molecule has 1 heterocycles. The van der Waals surface area contributed by atoms with Crippen LogP contribution in [0.4, 0.5) is 0 Å². The fourth-order valence-corrected chi connectivity index (χ4v) is 4.25. The van der Waals surface area contributed by atoms with Gasteiger partial charge in [-0.3, -0.25) is 4.99 Å². The molecule has 0 aromatic rings. The highest BCUT2D eigenvalue weighted by atomic mass is 32.2. The van der Waals surface area contributed by atoms with Crippen molar-refractivity contribution in [3.05, 3.63) is 0 Å². The van der Waals surface area contributed by atoms with Crippen LogP contribution in [0.25, 0.3) is 0 Å². The van der Waals surface area contributed by atoms with E-state index >= 15 is 0 Å². The molecule has 0 aromatic heterocycles. The number of guanidine groups is 1. The summed E-state index contributed by atoms with van der Waals surface area (Å²) in [7, 11) is 1.77. The monoisotopic (exact) mass is 315 g/mol. The summed E-state index contributed by atoms with van der Waals surface area (Å²) < 4.78 is 5.49. The molecule has 6 heteroatoms. The summed E-state index contributed by atoms with van der Waals surface area (Å²) in [5.74, 6) is 2.62. The van der Waals surface area contributed by atoms with Crippen molar-refractivity contribution in [3.8, 4) is 0 Å². The van der Waals surface area contributed by atoms with E-state index in [1.54, 1.807) is 18.9 Å². The molecule has 2 fully saturated rings. The summed E-state index contributed by atoms with van der Waals surface area (Å²) in [6.07, 6.45) is 2.13. The smallest absolute Gasteiger partial charge is 0.191 e. The summed E-state index contributed by atoms with van der Waals surface area (Å²) in [5, 5.41) is 17.2. The molecule has 3 atom stereocenters. The second kappa shape index (κ2) is 6.75. The standard InChI is InChI=1S/C15H29N3O2S/c1-5-16-13(17-9-15(19)6-7-21-10-15)18-11-8-12(20-4)14(11,2)3/h11-12,19H,5-10H2,1-4H3,(H2,16,17,18). The molecule has 5 nitrogen and oxygen atoms in total. The SMILES string of the molecule is CCNC(=NCC1(O)CCSC1)NC1CC(OC)C1(C)C. The first kappa shape index (κ1) is 16.9. The van der Waals surface area contributed by atoms with Crippen LogP contribution in [0.5, 0.6) is 0 Å². The third-order valence-electron chi connectivity index (χ3n) is 4.73. The minimum Gasteiger partial charge on any atom is -0.387 e. The van der Waals surface area contributed by atoms with E-state index in [0.29, 0.717) is 18.7 Å². The van der Waals surface area contributed by atoms with Crippen LogP contribution in [0, 0.1) is 5.41 Å². The third kappa shape index (κ3) is 3.85. The largest absolute Gasteiger partial charge is 0.387 e. The lowest BCUT2D eigenvalue weighted by molar-refractivity contribution is -0.0922. The second-order valence-electron chi connectivity index (χ2n) is 6.70. The van der Waals surface area contributed by atoms with Crippen LogP contribution < -0.4 is 10.6 Å². The predicted molar refractivity (Wildman–Crippen MR) is 89.0 cm³/mol. The van der Waals surface area contributed by atoms with Crippen molar-refractivity contribution in [2.24, 2.45) is 10.4 Å². The van der Waals surface area contributed by atoms with Crippen molar-refractivity contribution in [3.63, 3.8) is 0 Å². The Balaban J connectivity index is 1.93. The van der Waals surface area contributed by atoms with E-state index in [1.807, 2.05) is 0 Å². The van der Waals surface area contributed by atoms with E-state index in [4.69, 9.17) is 4.74 Å². The quantitative estimate of drug-likeness (QED) is 0.526. The van der Waals surface area contributed by atoms with Gasteiger partial charge in [-0.15, -0.1) is 0 Å². The van der Waals surface area contributed by atoms with Crippen molar-refractivity contribution in [1.82, 2.24) is 10.6 Å². The zero-order chi connectivity index (χ0) is 15.5. The minimum atomic E-state index is -0.628. The van der Waals surface area contributed by atoms with Gasteiger partial charge in [-0.25, -0.2) is 0 Å². The Morgan fingerprint density at radius 1 is 1.48 bits per heavy atom. The number of hydrogen-bond donors (Lipinski definition) is 3. The molecule has 0 spiro atoms. The van der Waals surface area contributed by atoms with Gasteiger partial charge in [0.25, 0.3) is 0 Å². The van der Waals surface area contributed by atoms with Gasteiger partial charge >= 0.3 is 0 Å².